The number of carbonyl (C=O) groups is 1. The van der Waals surface area contributed by atoms with Crippen LogP contribution in [0.5, 0.6) is 0 Å². The third-order valence-electron chi connectivity index (χ3n) is 3.69. The predicted molar refractivity (Wildman–Crippen MR) is 50.1 cm³/mol. The van der Waals surface area contributed by atoms with Gasteiger partial charge in [-0.3, -0.25) is 4.79 Å². The van der Waals surface area contributed by atoms with E-state index in [0.29, 0.717) is 12.5 Å². The van der Waals surface area contributed by atoms with Crippen LogP contribution in [0.25, 0.3) is 0 Å². The van der Waals surface area contributed by atoms with E-state index in [1.807, 2.05) is 0 Å². The van der Waals surface area contributed by atoms with Crippen LogP contribution >= 0.6 is 0 Å². The van der Waals surface area contributed by atoms with E-state index in [2.05, 4.69) is 6.07 Å². The van der Waals surface area contributed by atoms with Gasteiger partial charge in [0, 0.05) is 0 Å². The van der Waals surface area contributed by atoms with Gasteiger partial charge in [0.25, 0.3) is 0 Å². The molecule has 14 heavy (non-hydrogen) atoms. The van der Waals surface area contributed by atoms with E-state index in [4.69, 9.17) is 4.74 Å². The molecule has 3 nitrogen and oxygen atoms in total. The zero-order valence-electron chi connectivity index (χ0n) is 8.45. The van der Waals surface area contributed by atoms with Crippen molar-refractivity contribution in [3.05, 3.63) is 0 Å². The van der Waals surface area contributed by atoms with Gasteiger partial charge in [-0.05, 0) is 38.0 Å². The second-order valence-corrected chi connectivity index (χ2v) is 4.38. The van der Waals surface area contributed by atoms with E-state index < -0.39 is 5.41 Å². The molecule has 3 heteroatoms. The van der Waals surface area contributed by atoms with Gasteiger partial charge in [-0.2, -0.15) is 5.26 Å². The Hall–Kier alpha value is -1.04. The lowest BCUT2D eigenvalue weighted by Gasteiger charge is -2.28. The molecule has 0 aromatic carbocycles. The highest BCUT2D eigenvalue weighted by Gasteiger charge is 2.57. The SMILES string of the molecule is CCOC(=O)[C@]1(C#N)C[C@H]2CC[C@@H]1C2. The summed E-state index contributed by atoms with van der Waals surface area (Å²) in [6, 6.07) is 2.22. The Morgan fingerprint density at radius 3 is 2.86 bits per heavy atom. The first-order valence-corrected chi connectivity index (χ1v) is 5.31. The molecule has 0 amide bonds. The highest BCUT2D eigenvalue weighted by atomic mass is 16.5. The molecule has 2 rings (SSSR count). The Balaban J connectivity index is 2.20. The predicted octanol–water partition coefficient (Wildman–Crippen LogP) is 1.88. The van der Waals surface area contributed by atoms with Crippen LogP contribution in [-0.2, 0) is 9.53 Å². The Morgan fingerprint density at radius 1 is 1.64 bits per heavy atom. The van der Waals surface area contributed by atoms with Crippen LogP contribution in [0.2, 0.25) is 0 Å². The summed E-state index contributed by atoms with van der Waals surface area (Å²) in [5.74, 6) is 0.565. The number of esters is 1. The maximum absolute atomic E-state index is 11.7. The van der Waals surface area contributed by atoms with Gasteiger partial charge in [-0.15, -0.1) is 0 Å². The second-order valence-electron chi connectivity index (χ2n) is 4.38. The maximum atomic E-state index is 11.7. The van der Waals surface area contributed by atoms with Crippen LogP contribution in [0.1, 0.15) is 32.6 Å². The quantitative estimate of drug-likeness (QED) is 0.629. The van der Waals surface area contributed by atoms with E-state index in [0.717, 1.165) is 19.3 Å². The van der Waals surface area contributed by atoms with E-state index in [-0.39, 0.29) is 11.9 Å². The number of nitrogens with zero attached hydrogens (tertiary/aromatic N) is 1. The summed E-state index contributed by atoms with van der Waals surface area (Å²) in [7, 11) is 0. The van der Waals surface area contributed by atoms with Gasteiger partial charge in [-0.1, -0.05) is 6.42 Å². The van der Waals surface area contributed by atoms with Crippen molar-refractivity contribution in [3.63, 3.8) is 0 Å². The molecular formula is C11H15NO2. The van der Waals surface area contributed by atoms with Crippen molar-refractivity contribution in [3.8, 4) is 6.07 Å². The summed E-state index contributed by atoms with van der Waals surface area (Å²) >= 11 is 0. The summed E-state index contributed by atoms with van der Waals surface area (Å²) in [5, 5.41) is 9.18. The van der Waals surface area contributed by atoms with E-state index in [9.17, 15) is 10.1 Å². The number of nitriles is 1. The standard InChI is InChI=1S/C11H15NO2/c1-2-14-10(13)11(7-12)6-8-3-4-9(11)5-8/h8-9H,2-6H2,1H3/t8-,9+,11-/m0/s1. The van der Waals surface area contributed by atoms with Gasteiger partial charge in [0.15, 0.2) is 5.41 Å². The van der Waals surface area contributed by atoms with Gasteiger partial charge >= 0.3 is 5.97 Å². The molecule has 0 N–H and O–H groups in total. The Labute approximate surface area is 84.0 Å². The van der Waals surface area contributed by atoms with Gasteiger partial charge in [0.05, 0.1) is 12.7 Å². The van der Waals surface area contributed by atoms with Gasteiger partial charge in [0.2, 0.25) is 0 Å². The number of rotatable bonds is 2. The zero-order valence-corrected chi connectivity index (χ0v) is 8.45. The van der Waals surface area contributed by atoms with Gasteiger partial charge < -0.3 is 4.74 Å². The molecule has 2 fully saturated rings. The minimum Gasteiger partial charge on any atom is -0.465 e. The number of ether oxygens (including phenoxy) is 1. The Morgan fingerprint density at radius 2 is 2.43 bits per heavy atom. The molecule has 0 spiro atoms. The van der Waals surface area contributed by atoms with Crippen molar-refractivity contribution >= 4 is 5.97 Å². The lowest BCUT2D eigenvalue weighted by atomic mass is 9.74. The molecular weight excluding hydrogens is 178 g/mol. The number of hydrogen-bond donors (Lipinski definition) is 0. The molecule has 0 radical (unpaired) electrons. The topological polar surface area (TPSA) is 50.1 Å². The summed E-state index contributed by atoms with van der Waals surface area (Å²) < 4.78 is 5.01. The smallest absolute Gasteiger partial charge is 0.326 e. The lowest BCUT2D eigenvalue weighted by molar-refractivity contribution is -0.154. The Bertz CT molecular complexity index is 294. The second kappa shape index (κ2) is 3.27. The first kappa shape index (κ1) is 9.51. The van der Waals surface area contributed by atoms with E-state index in [1.165, 1.54) is 6.42 Å². The first-order chi connectivity index (χ1) is 6.73. The first-order valence-electron chi connectivity index (χ1n) is 5.31. The van der Waals surface area contributed by atoms with Crippen LogP contribution in [0, 0.1) is 28.6 Å². The molecule has 3 atom stereocenters. The fourth-order valence-electron chi connectivity index (χ4n) is 3.02. The monoisotopic (exact) mass is 193 g/mol. The van der Waals surface area contributed by atoms with Crippen molar-refractivity contribution < 1.29 is 9.53 Å². The molecule has 0 saturated heterocycles. The fourth-order valence-corrected chi connectivity index (χ4v) is 3.02. The van der Waals surface area contributed by atoms with Gasteiger partial charge in [0.1, 0.15) is 0 Å². The average Bonchev–Trinajstić information content (AvgIpc) is 2.77. The van der Waals surface area contributed by atoms with E-state index >= 15 is 0 Å². The van der Waals surface area contributed by atoms with Crippen molar-refractivity contribution in [2.45, 2.75) is 32.6 Å². The van der Waals surface area contributed by atoms with E-state index in [1.54, 1.807) is 6.92 Å². The largest absolute Gasteiger partial charge is 0.465 e. The molecule has 2 bridgehead atoms. The summed E-state index contributed by atoms with van der Waals surface area (Å²) in [5.41, 5.74) is -0.793. The normalized spacial score (nSPS) is 39.4. The molecule has 76 valence electrons. The maximum Gasteiger partial charge on any atom is 0.326 e. The van der Waals surface area contributed by atoms with Gasteiger partial charge in [-0.25, -0.2) is 0 Å². The summed E-state index contributed by atoms with van der Waals surface area (Å²) in [6.07, 6.45) is 3.99. The minimum atomic E-state index is -0.793. The molecule has 0 aliphatic heterocycles. The summed E-state index contributed by atoms with van der Waals surface area (Å²) in [6.45, 7) is 2.16. The van der Waals surface area contributed by atoms with Crippen molar-refractivity contribution in [1.82, 2.24) is 0 Å². The third-order valence-corrected chi connectivity index (χ3v) is 3.69. The molecule has 0 unspecified atom stereocenters. The van der Waals surface area contributed by atoms with Crippen LogP contribution in [0.15, 0.2) is 0 Å². The highest BCUT2D eigenvalue weighted by Crippen LogP contribution is 2.56. The van der Waals surface area contributed by atoms with Crippen molar-refractivity contribution in [1.29, 1.82) is 5.26 Å². The average molecular weight is 193 g/mol. The molecule has 0 aromatic heterocycles. The molecule has 0 heterocycles. The highest BCUT2D eigenvalue weighted by molar-refractivity contribution is 5.81. The number of fused-ring (bicyclic) bond motifs is 2. The lowest BCUT2D eigenvalue weighted by Crippen LogP contribution is -2.36. The van der Waals surface area contributed by atoms with Crippen LogP contribution in [0.4, 0.5) is 0 Å². The van der Waals surface area contributed by atoms with Crippen LogP contribution < -0.4 is 0 Å². The minimum absolute atomic E-state index is 0.261. The van der Waals surface area contributed by atoms with Crippen molar-refractivity contribution in [2.24, 2.45) is 17.3 Å². The summed E-state index contributed by atoms with van der Waals surface area (Å²) in [4.78, 5) is 11.7. The third kappa shape index (κ3) is 1.13. The van der Waals surface area contributed by atoms with Crippen LogP contribution in [-0.4, -0.2) is 12.6 Å². The fraction of sp³-hybridized carbons (Fsp3) is 0.818. The molecule has 0 aromatic rings. The molecule has 2 aliphatic carbocycles. The molecule has 2 aliphatic rings. The number of carbonyl (C=O) groups excluding carboxylic acids is 1. The Kier molecular flexibility index (Phi) is 2.22. The van der Waals surface area contributed by atoms with Crippen LogP contribution in [0.3, 0.4) is 0 Å². The molecule has 2 saturated carbocycles. The zero-order chi connectivity index (χ0) is 10.2. The van der Waals surface area contributed by atoms with Crippen molar-refractivity contribution in [2.75, 3.05) is 6.61 Å². The number of hydrogen-bond acceptors (Lipinski definition) is 3.